The van der Waals surface area contributed by atoms with Crippen molar-refractivity contribution in [3.63, 3.8) is 0 Å². The predicted octanol–water partition coefficient (Wildman–Crippen LogP) is 3.33. The summed E-state index contributed by atoms with van der Waals surface area (Å²) in [5.74, 6) is -0.610. The van der Waals surface area contributed by atoms with Gasteiger partial charge in [0.15, 0.2) is 14.6 Å². The summed E-state index contributed by atoms with van der Waals surface area (Å²) in [5, 5.41) is 0. The fraction of sp³-hybridized carbons (Fsp3) is 0.300. The number of hydrogen-bond donors (Lipinski definition) is 0. The molecule has 0 spiro atoms. The van der Waals surface area contributed by atoms with E-state index in [-0.39, 0.29) is 4.90 Å². The SMILES string of the molecule is CCCn1c(=NC(=O)CS(=O)(=O)c2ccc(C)cc2)sc2cc(OC)ccc21. The highest BCUT2D eigenvalue weighted by molar-refractivity contribution is 7.92. The normalized spacial score (nSPS) is 12.5. The molecule has 0 unspecified atom stereocenters. The van der Waals surface area contributed by atoms with Gasteiger partial charge in [0.1, 0.15) is 11.5 Å². The molecule has 0 aliphatic carbocycles. The van der Waals surface area contributed by atoms with Crippen molar-refractivity contribution in [3.8, 4) is 5.75 Å². The molecule has 0 saturated carbocycles. The zero-order valence-corrected chi connectivity index (χ0v) is 17.6. The van der Waals surface area contributed by atoms with Crippen LogP contribution in [0.1, 0.15) is 18.9 Å². The molecule has 0 aliphatic heterocycles. The fourth-order valence-corrected chi connectivity index (χ4v) is 5.04. The third-order valence-electron chi connectivity index (χ3n) is 4.25. The second-order valence-electron chi connectivity index (χ2n) is 6.45. The Bertz CT molecular complexity index is 1170. The van der Waals surface area contributed by atoms with Crippen LogP contribution in [0, 0.1) is 6.92 Å². The topological polar surface area (TPSA) is 77.7 Å². The van der Waals surface area contributed by atoms with Crippen molar-refractivity contribution in [2.45, 2.75) is 31.7 Å². The van der Waals surface area contributed by atoms with Gasteiger partial charge in [-0.3, -0.25) is 4.79 Å². The fourth-order valence-electron chi connectivity index (χ4n) is 2.84. The maximum atomic E-state index is 12.5. The van der Waals surface area contributed by atoms with Crippen molar-refractivity contribution in [2.24, 2.45) is 4.99 Å². The number of nitrogens with zero attached hydrogens (tertiary/aromatic N) is 2. The number of rotatable bonds is 6. The van der Waals surface area contributed by atoms with E-state index in [1.165, 1.54) is 23.5 Å². The predicted molar refractivity (Wildman–Crippen MR) is 110 cm³/mol. The van der Waals surface area contributed by atoms with E-state index in [4.69, 9.17) is 4.74 Å². The number of thiazole rings is 1. The van der Waals surface area contributed by atoms with E-state index in [1.54, 1.807) is 19.2 Å². The number of aromatic nitrogens is 1. The first kappa shape index (κ1) is 20.3. The van der Waals surface area contributed by atoms with Crippen LogP contribution in [0.2, 0.25) is 0 Å². The average molecular weight is 419 g/mol. The van der Waals surface area contributed by atoms with Crippen molar-refractivity contribution >= 4 is 37.3 Å². The minimum absolute atomic E-state index is 0.129. The Hall–Kier alpha value is -2.45. The molecule has 0 fully saturated rings. The van der Waals surface area contributed by atoms with Crippen LogP contribution < -0.4 is 9.54 Å². The Morgan fingerprint density at radius 3 is 2.54 bits per heavy atom. The van der Waals surface area contributed by atoms with Crippen LogP contribution in [0.15, 0.2) is 52.4 Å². The largest absolute Gasteiger partial charge is 0.497 e. The van der Waals surface area contributed by atoms with Crippen LogP contribution in [0.4, 0.5) is 0 Å². The molecule has 8 heteroatoms. The van der Waals surface area contributed by atoms with Crippen LogP contribution in [-0.2, 0) is 21.2 Å². The lowest BCUT2D eigenvalue weighted by molar-refractivity contribution is -0.115. The molecule has 3 rings (SSSR count). The quantitative estimate of drug-likeness (QED) is 0.615. The van der Waals surface area contributed by atoms with Gasteiger partial charge in [0, 0.05) is 6.54 Å². The average Bonchev–Trinajstić information content (AvgIpc) is 2.98. The molecule has 1 heterocycles. The Morgan fingerprint density at radius 1 is 1.18 bits per heavy atom. The van der Waals surface area contributed by atoms with Gasteiger partial charge in [-0.25, -0.2) is 8.42 Å². The second-order valence-corrected chi connectivity index (χ2v) is 9.45. The highest BCUT2D eigenvalue weighted by Gasteiger charge is 2.19. The number of hydrogen-bond acceptors (Lipinski definition) is 5. The summed E-state index contributed by atoms with van der Waals surface area (Å²) in [6.45, 7) is 4.59. The highest BCUT2D eigenvalue weighted by Crippen LogP contribution is 2.23. The number of benzene rings is 2. The van der Waals surface area contributed by atoms with Gasteiger partial charge in [0.05, 0.1) is 22.2 Å². The van der Waals surface area contributed by atoms with Gasteiger partial charge in [-0.05, 0) is 43.7 Å². The summed E-state index contributed by atoms with van der Waals surface area (Å²) >= 11 is 1.35. The van der Waals surface area contributed by atoms with E-state index >= 15 is 0 Å². The summed E-state index contributed by atoms with van der Waals surface area (Å²) in [7, 11) is -2.13. The zero-order chi connectivity index (χ0) is 20.3. The maximum Gasteiger partial charge on any atom is 0.263 e. The second kappa shape index (κ2) is 8.28. The van der Waals surface area contributed by atoms with E-state index < -0.39 is 21.5 Å². The molecule has 0 saturated heterocycles. The molecule has 28 heavy (non-hydrogen) atoms. The van der Waals surface area contributed by atoms with Crippen molar-refractivity contribution in [3.05, 3.63) is 52.8 Å². The van der Waals surface area contributed by atoms with E-state index in [2.05, 4.69) is 4.99 Å². The van der Waals surface area contributed by atoms with Gasteiger partial charge in [0.25, 0.3) is 5.91 Å². The van der Waals surface area contributed by atoms with E-state index in [1.807, 2.05) is 36.6 Å². The summed E-state index contributed by atoms with van der Waals surface area (Å²) in [6, 6.07) is 12.1. The smallest absolute Gasteiger partial charge is 0.263 e. The van der Waals surface area contributed by atoms with Gasteiger partial charge in [0.2, 0.25) is 0 Å². The molecule has 0 bridgehead atoms. The number of ether oxygens (including phenoxy) is 1. The van der Waals surface area contributed by atoms with E-state index in [0.29, 0.717) is 11.3 Å². The van der Waals surface area contributed by atoms with Crippen molar-refractivity contribution in [2.75, 3.05) is 12.9 Å². The van der Waals surface area contributed by atoms with Crippen LogP contribution >= 0.6 is 11.3 Å². The molecule has 2 aromatic carbocycles. The first-order valence-electron chi connectivity index (χ1n) is 8.88. The van der Waals surface area contributed by atoms with Gasteiger partial charge < -0.3 is 9.30 Å². The van der Waals surface area contributed by atoms with Crippen LogP contribution in [0.25, 0.3) is 10.2 Å². The molecule has 148 valence electrons. The lowest BCUT2D eigenvalue weighted by atomic mass is 10.2. The van der Waals surface area contributed by atoms with Crippen molar-refractivity contribution in [1.29, 1.82) is 0 Å². The third-order valence-corrected chi connectivity index (χ3v) is 6.91. The van der Waals surface area contributed by atoms with E-state index in [9.17, 15) is 13.2 Å². The lowest BCUT2D eigenvalue weighted by Gasteiger charge is -2.04. The molecule has 1 amide bonds. The minimum atomic E-state index is -3.73. The van der Waals surface area contributed by atoms with Crippen LogP contribution in [0.5, 0.6) is 5.75 Å². The number of fused-ring (bicyclic) bond motifs is 1. The number of methoxy groups -OCH3 is 1. The third kappa shape index (κ3) is 4.34. The lowest BCUT2D eigenvalue weighted by Crippen LogP contribution is -2.21. The van der Waals surface area contributed by atoms with Gasteiger partial charge in [-0.1, -0.05) is 36.0 Å². The van der Waals surface area contributed by atoms with Crippen molar-refractivity contribution < 1.29 is 17.9 Å². The molecule has 1 aromatic heterocycles. The maximum absolute atomic E-state index is 12.5. The Balaban J connectivity index is 1.97. The standard InChI is InChI=1S/C20H22N2O4S2/c1-4-11-22-17-10-7-15(26-3)12-18(17)27-20(22)21-19(23)13-28(24,25)16-8-5-14(2)6-9-16/h5-10,12H,4,11,13H2,1-3H3. The Morgan fingerprint density at radius 2 is 1.89 bits per heavy atom. The van der Waals surface area contributed by atoms with E-state index in [0.717, 1.165) is 28.0 Å². The molecular weight excluding hydrogens is 396 g/mol. The molecule has 0 radical (unpaired) electrons. The number of aryl methyl sites for hydroxylation is 2. The van der Waals surface area contributed by atoms with Crippen molar-refractivity contribution in [1.82, 2.24) is 4.57 Å². The monoisotopic (exact) mass is 418 g/mol. The minimum Gasteiger partial charge on any atom is -0.497 e. The first-order valence-corrected chi connectivity index (χ1v) is 11.4. The first-order chi connectivity index (χ1) is 13.3. The summed E-state index contributed by atoms with van der Waals surface area (Å²) in [5.41, 5.74) is 1.90. The van der Waals surface area contributed by atoms with Gasteiger partial charge in [-0.15, -0.1) is 0 Å². The summed E-state index contributed by atoms with van der Waals surface area (Å²) < 4.78 is 33.1. The van der Waals surface area contributed by atoms with Gasteiger partial charge >= 0.3 is 0 Å². The highest BCUT2D eigenvalue weighted by atomic mass is 32.2. The number of carbonyl (C=O) groups is 1. The number of amides is 1. The molecule has 0 atom stereocenters. The number of sulfone groups is 1. The van der Waals surface area contributed by atoms with Crippen LogP contribution in [0.3, 0.4) is 0 Å². The Labute approximate surface area is 168 Å². The molecular formula is C20H22N2O4S2. The summed E-state index contributed by atoms with van der Waals surface area (Å²) in [6.07, 6.45) is 0.862. The summed E-state index contributed by atoms with van der Waals surface area (Å²) in [4.78, 5) is 17.2. The number of carbonyl (C=O) groups excluding carboxylic acids is 1. The zero-order valence-electron chi connectivity index (χ0n) is 16.0. The van der Waals surface area contributed by atoms with Gasteiger partial charge in [-0.2, -0.15) is 4.99 Å². The molecule has 3 aromatic rings. The van der Waals surface area contributed by atoms with Crippen LogP contribution in [-0.4, -0.2) is 31.8 Å². The Kier molecular flexibility index (Phi) is 6.00. The molecule has 0 aliphatic rings. The molecule has 0 N–H and O–H groups in total. The molecule has 6 nitrogen and oxygen atoms in total.